The topological polar surface area (TPSA) is 30.2 Å². The number of aromatic nitrogens is 3. The molecule has 0 unspecified atom stereocenters. The van der Waals surface area contributed by atoms with Crippen LogP contribution in [-0.4, -0.2) is 19.1 Å². The van der Waals surface area contributed by atoms with Gasteiger partial charge in [-0.2, -0.15) is 0 Å². The first-order valence-corrected chi connectivity index (χ1v) is 5.70. The van der Waals surface area contributed by atoms with Crippen molar-refractivity contribution in [1.29, 1.82) is 0 Å². The summed E-state index contributed by atoms with van der Waals surface area (Å²) >= 11 is -0.232. The van der Waals surface area contributed by atoms with Crippen molar-refractivity contribution in [3.05, 3.63) is 28.2 Å². The van der Waals surface area contributed by atoms with Gasteiger partial charge >= 0.3 is 0 Å². The monoisotopic (exact) mass is 259 g/mol. The number of nitrogens with zero attached hydrogens (tertiary/aromatic N) is 3. The van der Waals surface area contributed by atoms with Gasteiger partial charge < -0.3 is 0 Å². The highest BCUT2D eigenvalue weighted by molar-refractivity contribution is 14.2. The van der Waals surface area contributed by atoms with E-state index >= 15 is 0 Å². The molecule has 0 aliphatic heterocycles. The van der Waals surface area contributed by atoms with Crippen LogP contribution in [0.5, 0.6) is 0 Å². The van der Waals surface area contributed by atoms with Gasteiger partial charge in [-0.05, 0) is 32.9 Å². The summed E-state index contributed by atoms with van der Waals surface area (Å²) < 4.78 is 6.50. The molecule has 0 fully saturated rings. The van der Waals surface area contributed by atoms with Crippen LogP contribution in [-0.2, 0) is 0 Å². The highest BCUT2D eigenvalue weighted by Crippen LogP contribution is 2.05. The van der Waals surface area contributed by atoms with E-state index < -0.39 is 0 Å². The maximum atomic E-state index is 4.27. The van der Waals surface area contributed by atoms with Crippen molar-refractivity contribution in [2.45, 2.75) is 0 Å². The Morgan fingerprint density at radius 2 is 2.36 bits per heavy atom. The molecule has 11 heavy (non-hydrogen) atoms. The van der Waals surface area contributed by atoms with E-state index in [2.05, 4.69) is 14.6 Å². The molecule has 4 heteroatoms. The number of fused-ring (bicyclic) bond motifs is 1. The van der Waals surface area contributed by atoms with E-state index in [-0.39, 0.29) is 20.7 Å². The summed E-state index contributed by atoms with van der Waals surface area (Å²) in [7, 11) is 0. The molecule has 0 amide bonds. The fourth-order valence-corrected chi connectivity index (χ4v) is 1.66. The van der Waals surface area contributed by atoms with E-state index in [4.69, 9.17) is 0 Å². The van der Waals surface area contributed by atoms with E-state index in [1.807, 2.05) is 24.4 Å². The van der Waals surface area contributed by atoms with Crippen molar-refractivity contribution in [2.75, 3.05) is 0 Å². The molecule has 3 nitrogen and oxygen atoms in total. The molecular formula is C7H6IN3. The SMILES string of the molecule is C=Ic1nc2ccccn2n1. The van der Waals surface area contributed by atoms with Crippen LogP contribution in [0.4, 0.5) is 0 Å². The Balaban J connectivity index is 2.78. The van der Waals surface area contributed by atoms with Gasteiger partial charge in [0, 0.05) is 6.20 Å². The molecule has 56 valence electrons. The summed E-state index contributed by atoms with van der Waals surface area (Å²) in [6.45, 7) is 0. The smallest absolute Gasteiger partial charge is 0.206 e. The quantitative estimate of drug-likeness (QED) is 0.722. The van der Waals surface area contributed by atoms with Crippen molar-refractivity contribution in [2.24, 2.45) is 0 Å². The Labute approximate surface area is 73.8 Å². The summed E-state index contributed by atoms with van der Waals surface area (Å²) in [4.78, 5) is 4.27. The highest BCUT2D eigenvalue weighted by atomic mass is 127. The fourth-order valence-electron chi connectivity index (χ4n) is 0.861. The molecule has 0 aromatic carbocycles. The lowest BCUT2D eigenvalue weighted by molar-refractivity contribution is 0.944. The highest BCUT2D eigenvalue weighted by Gasteiger charge is 1.96. The zero-order valence-electron chi connectivity index (χ0n) is 5.74. The van der Waals surface area contributed by atoms with Crippen LogP contribution < -0.4 is 0 Å². The number of hydrogen-bond donors (Lipinski definition) is 0. The predicted octanol–water partition coefficient (Wildman–Crippen LogP) is 1.30. The minimum absolute atomic E-state index is 0.232. The van der Waals surface area contributed by atoms with Crippen molar-refractivity contribution in [3.63, 3.8) is 0 Å². The average molecular weight is 259 g/mol. The Kier molecular flexibility index (Phi) is 1.69. The Morgan fingerprint density at radius 1 is 1.45 bits per heavy atom. The van der Waals surface area contributed by atoms with Gasteiger partial charge in [0.15, 0.2) is 5.65 Å². The van der Waals surface area contributed by atoms with Gasteiger partial charge in [0.25, 0.3) is 0 Å². The molecule has 0 aliphatic carbocycles. The van der Waals surface area contributed by atoms with Gasteiger partial charge in [-0.1, -0.05) is 10.6 Å². The van der Waals surface area contributed by atoms with Gasteiger partial charge in [-0.3, -0.25) is 0 Å². The van der Waals surface area contributed by atoms with Gasteiger partial charge in [0.05, 0.1) is 0 Å². The zero-order valence-corrected chi connectivity index (χ0v) is 7.89. The molecule has 0 saturated carbocycles. The molecule has 0 radical (unpaired) electrons. The second kappa shape index (κ2) is 2.69. The summed E-state index contributed by atoms with van der Waals surface area (Å²) in [5.74, 6) is 0. The maximum Gasteiger partial charge on any atom is 0.206 e. The molecule has 0 spiro atoms. The van der Waals surface area contributed by atoms with Crippen molar-refractivity contribution < 1.29 is 0 Å². The summed E-state index contributed by atoms with van der Waals surface area (Å²) in [6, 6.07) is 5.83. The molecule has 2 aromatic rings. The summed E-state index contributed by atoms with van der Waals surface area (Å²) in [5, 5.41) is 4.22. The maximum absolute atomic E-state index is 4.27. The summed E-state index contributed by atoms with van der Waals surface area (Å²) in [5.41, 5.74) is 0.908. The number of pyridine rings is 1. The van der Waals surface area contributed by atoms with Gasteiger partial charge in [-0.15, -0.1) is 5.10 Å². The van der Waals surface area contributed by atoms with Crippen LogP contribution in [0.25, 0.3) is 5.65 Å². The van der Waals surface area contributed by atoms with E-state index in [9.17, 15) is 0 Å². The third-order valence-corrected chi connectivity index (χ3v) is 2.47. The zero-order chi connectivity index (χ0) is 7.68. The second-order valence-electron chi connectivity index (χ2n) is 2.02. The van der Waals surface area contributed by atoms with E-state index in [1.54, 1.807) is 4.52 Å². The van der Waals surface area contributed by atoms with E-state index in [1.165, 1.54) is 0 Å². The molecule has 2 rings (SSSR count). The van der Waals surface area contributed by atoms with Crippen LogP contribution in [0.2, 0.25) is 0 Å². The van der Waals surface area contributed by atoms with Crippen molar-refractivity contribution >= 4 is 30.9 Å². The van der Waals surface area contributed by atoms with Gasteiger partial charge in [0.2, 0.25) is 3.83 Å². The molecule has 0 saturated heterocycles. The minimum atomic E-state index is -0.232. The molecule has 2 heterocycles. The normalized spacial score (nSPS) is 10.5. The first kappa shape index (κ1) is 6.90. The second-order valence-corrected chi connectivity index (χ2v) is 3.75. The standard InChI is InChI=1S/C7H6IN3/c1-8-7-9-6-4-2-3-5-11(6)10-7/h2-5H,1H2. The predicted molar refractivity (Wildman–Crippen MR) is 52.8 cm³/mol. The largest absolute Gasteiger partial charge is 0.220 e. The van der Waals surface area contributed by atoms with Gasteiger partial charge in [-0.25, -0.2) is 9.50 Å². The minimum Gasteiger partial charge on any atom is -0.220 e. The first-order chi connectivity index (χ1) is 5.40. The lowest BCUT2D eigenvalue weighted by Gasteiger charge is -1.84. The first-order valence-electron chi connectivity index (χ1n) is 3.10. The molecule has 2 aromatic heterocycles. The van der Waals surface area contributed by atoms with Crippen LogP contribution in [0.15, 0.2) is 24.4 Å². The fraction of sp³-hybridized carbons (Fsp3) is 0. The lowest BCUT2D eigenvalue weighted by Crippen LogP contribution is -1.83. The van der Waals surface area contributed by atoms with Crippen molar-refractivity contribution in [3.8, 4) is 0 Å². The Hall–Kier alpha value is -0.780. The Morgan fingerprint density at radius 3 is 3.09 bits per heavy atom. The lowest BCUT2D eigenvalue weighted by atomic mass is 10.5. The molecule has 0 bridgehead atoms. The van der Waals surface area contributed by atoms with E-state index in [0.29, 0.717) is 0 Å². The Bertz CT molecular complexity index is 360. The van der Waals surface area contributed by atoms with E-state index in [0.717, 1.165) is 9.48 Å². The third-order valence-electron chi connectivity index (χ3n) is 1.33. The third kappa shape index (κ3) is 1.18. The molecular weight excluding hydrogens is 253 g/mol. The number of hydrogen-bond acceptors (Lipinski definition) is 2. The van der Waals surface area contributed by atoms with Gasteiger partial charge in [0.1, 0.15) is 0 Å². The average Bonchev–Trinajstić information content (AvgIpc) is 2.46. The molecule has 0 aliphatic rings. The van der Waals surface area contributed by atoms with Crippen molar-refractivity contribution in [1.82, 2.24) is 14.6 Å². The van der Waals surface area contributed by atoms with Crippen LogP contribution in [0.1, 0.15) is 0 Å². The summed E-state index contributed by atoms with van der Waals surface area (Å²) in [6.07, 6.45) is 1.89. The van der Waals surface area contributed by atoms with Crippen LogP contribution >= 0.6 is 20.7 Å². The van der Waals surface area contributed by atoms with Crippen LogP contribution in [0, 0.1) is 3.83 Å². The molecule has 0 atom stereocenters. The molecule has 0 N–H and O–H groups in total. The number of halogens is 1. The number of rotatable bonds is 1. The van der Waals surface area contributed by atoms with Crippen LogP contribution in [0.3, 0.4) is 0 Å².